The highest BCUT2D eigenvalue weighted by Crippen LogP contribution is 2.27. The van der Waals surface area contributed by atoms with Gasteiger partial charge in [-0.15, -0.1) is 0 Å². The third-order valence-corrected chi connectivity index (χ3v) is 4.10. The van der Waals surface area contributed by atoms with Gasteiger partial charge in [-0.25, -0.2) is 0 Å². The lowest BCUT2D eigenvalue weighted by molar-refractivity contribution is -0.136. The summed E-state index contributed by atoms with van der Waals surface area (Å²) in [5.74, 6) is 5.08. The Bertz CT molecular complexity index is 733. The fraction of sp³-hybridized carbons (Fsp3) is 0.312. The summed E-state index contributed by atoms with van der Waals surface area (Å²) < 4.78 is 0. The van der Waals surface area contributed by atoms with Gasteiger partial charge in [0.1, 0.15) is 6.04 Å². The molecule has 5 nitrogen and oxygen atoms in total. The van der Waals surface area contributed by atoms with E-state index in [1.54, 1.807) is 12.1 Å². The zero-order valence-corrected chi connectivity index (χ0v) is 13.3. The van der Waals surface area contributed by atoms with Crippen LogP contribution in [0, 0.1) is 11.8 Å². The van der Waals surface area contributed by atoms with Crippen molar-refractivity contribution in [2.24, 2.45) is 0 Å². The van der Waals surface area contributed by atoms with Gasteiger partial charge in [-0.2, -0.15) is 0 Å². The summed E-state index contributed by atoms with van der Waals surface area (Å²) in [5.41, 5.74) is 2.32. The van der Waals surface area contributed by atoms with Crippen LogP contribution in [0.15, 0.2) is 18.2 Å². The zero-order chi connectivity index (χ0) is 15.7. The van der Waals surface area contributed by atoms with E-state index in [0.717, 1.165) is 11.1 Å². The van der Waals surface area contributed by atoms with E-state index in [4.69, 9.17) is 0 Å². The molecule has 2 aliphatic rings. The third kappa shape index (κ3) is 2.64. The Balaban J connectivity index is 1.84. The van der Waals surface area contributed by atoms with Crippen LogP contribution in [0.5, 0.6) is 0 Å². The molecule has 0 radical (unpaired) electrons. The molecule has 6 heteroatoms. The van der Waals surface area contributed by atoms with Crippen molar-refractivity contribution in [2.45, 2.75) is 25.4 Å². The van der Waals surface area contributed by atoms with Crippen LogP contribution in [0.25, 0.3) is 0 Å². The maximum atomic E-state index is 12.5. The van der Waals surface area contributed by atoms with E-state index in [-0.39, 0.29) is 18.2 Å². The molecule has 3 rings (SSSR count). The highest BCUT2D eigenvalue weighted by molar-refractivity contribution is 9.09. The number of nitrogens with one attached hydrogen (secondary N) is 1. The van der Waals surface area contributed by atoms with Crippen molar-refractivity contribution in [1.29, 1.82) is 0 Å². The fourth-order valence-electron chi connectivity index (χ4n) is 2.79. The van der Waals surface area contributed by atoms with Crippen LogP contribution < -0.4 is 5.32 Å². The summed E-state index contributed by atoms with van der Waals surface area (Å²) in [6.07, 6.45) is 0.638. The predicted octanol–water partition coefficient (Wildman–Crippen LogP) is 1.19. The highest BCUT2D eigenvalue weighted by Gasteiger charge is 2.38. The van der Waals surface area contributed by atoms with Crippen molar-refractivity contribution >= 4 is 33.7 Å². The molecular weight excluding hydrogens is 348 g/mol. The average molecular weight is 361 g/mol. The topological polar surface area (TPSA) is 66.5 Å². The van der Waals surface area contributed by atoms with Crippen molar-refractivity contribution < 1.29 is 14.4 Å². The number of amides is 3. The Labute approximate surface area is 136 Å². The Morgan fingerprint density at radius 1 is 1.32 bits per heavy atom. The monoisotopic (exact) mass is 360 g/mol. The average Bonchev–Trinajstić information content (AvgIpc) is 2.82. The summed E-state index contributed by atoms with van der Waals surface area (Å²) in [5, 5.41) is 2.88. The number of rotatable bonds is 1. The van der Waals surface area contributed by atoms with Crippen LogP contribution in [-0.4, -0.2) is 34.0 Å². The van der Waals surface area contributed by atoms with Gasteiger partial charge >= 0.3 is 0 Å². The molecule has 3 amide bonds. The molecule has 2 heterocycles. The molecule has 1 saturated heterocycles. The fourth-order valence-corrected chi connectivity index (χ4v) is 2.93. The summed E-state index contributed by atoms with van der Waals surface area (Å²) in [6, 6.07) is 4.87. The number of hydrogen-bond donors (Lipinski definition) is 1. The number of carbonyl (C=O) groups is 3. The normalized spacial score (nSPS) is 20.3. The molecule has 0 spiro atoms. The van der Waals surface area contributed by atoms with Crippen molar-refractivity contribution in [3.05, 3.63) is 34.9 Å². The maximum Gasteiger partial charge on any atom is 0.255 e. The van der Waals surface area contributed by atoms with Gasteiger partial charge in [-0.1, -0.05) is 27.8 Å². The first-order valence-electron chi connectivity index (χ1n) is 6.92. The summed E-state index contributed by atoms with van der Waals surface area (Å²) in [4.78, 5) is 37.2. The van der Waals surface area contributed by atoms with Crippen LogP contribution in [-0.2, 0) is 16.1 Å². The number of fused-ring (bicyclic) bond motifs is 1. The van der Waals surface area contributed by atoms with E-state index >= 15 is 0 Å². The lowest BCUT2D eigenvalue weighted by atomic mass is 10.0. The van der Waals surface area contributed by atoms with Gasteiger partial charge in [-0.05, 0) is 30.2 Å². The Hall–Kier alpha value is -2.13. The van der Waals surface area contributed by atoms with Crippen LogP contribution in [0.4, 0.5) is 0 Å². The van der Waals surface area contributed by atoms with Crippen molar-refractivity contribution in [3.8, 4) is 11.8 Å². The Morgan fingerprint density at radius 3 is 2.86 bits per heavy atom. The molecule has 1 fully saturated rings. The second-order valence-corrected chi connectivity index (χ2v) is 5.77. The molecule has 1 aromatic rings. The molecule has 0 aliphatic carbocycles. The van der Waals surface area contributed by atoms with Crippen LogP contribution in [0.1, 0.15) is 34.3 Å². The van der Waals surface area contributed by atoms with E-state index in [1.165, 1.54) is 4.90 Å². The van der Waals surface area contributed by atoms with Crippen molar-refractivity contribution in [1.82, 2.24) is 10.2 Å². The quantitative estimate of drug-likeness (QED) is 0.464. The third-order valence-electron chi connectivity index (χ3n) is 3.82. The Kier molecular flexibility index (Phi) is 3.99. The van der Waals surface area contributed by atoms with Gasteiger partial charge in [0.05, 0.1) is 5.33 Å². The minimum absolute atomic E-state index is 0.163. The first kappa shape index (κ1) is 14.8. The van der Waals surface area contributed by atoms with Gasteiger partial charge in [-0.3, -0.25) is 19.7 Å². The first-order valence-corrected chi connectivity index (χ1v) is 8.04. The molecule has 22 heavy (non-hydrogen) atoms. The molecule has 1 unspecified atom stereocenters. The van der Waals surface area contributed by atoms with Gasteiger partial charge in [0, 0.05) is 24.1 Å². The number of imide groups is 1. The molecule has 1 N–H and O–H groups in total. The minimum Gasteiger partial charge on any atom is -0.322 e. The summed E-state index contributed by atoms with van der Waals surface area (Å²) in [6.45, 7) is 0.379. The Morgan fingerprint density at radius 2 is 2.14 bits per heavy atom. The molecule has 0 bridgehead atoms. The number of halogens is 1. The smallest absolute Gasteiger partial charge is 0.255 e. The minimum atomic E-state index is -0.574. The van der Waals surface area contributed by atoms with Gasteiger partial charge in [0.25, 0.3) is 5.91 Å². The molecule has 112 valence electrons. The molecule has 1 atom stereocenters. The standard InChI is InChI=1S/C16H13BrN2O3/c17-7-1-2-10-3-4-12-11(8-10)9-19(16(12)22)13-5-6-14(20)18-15(13)21/h3-4,8,13H,5-7,9H2,(H,18,20,21). The highest BCUT2D eigenvalue weighted by atomic mass is 79.9. The van der Waals surface area contributed by atoms with Crippen molar-refractivity contribution in [2.75, 3.05) is 5.33 Å². The van der Waals surface area contributed by atoms with Gasteiger partial charge in [0.2, 0.25) is 11.8 Å². The van der Waals surface area contributed by atoms with Crippen LogP contribution in [0.2, 0.25) is 0 Å². The summed E-state index contributed by atoms with van der Waals surface area (Å²) >= 11 is 3.24. The lowest BCUT2D eigenvalue weighted by Crippen LogP contribution is -2.52. The molecular formula is C16H13BrN2O3. The van der Waals surface area contributed by atoms with Crippen LogP contribution >= 0.6 is 15.9 Å². The van der Waals surface area contributed by atoms with E-state index in [1.807, 2.05) is 6.07 Å². The van der Waals surface area contributed by atoms with E-state index in [2.05, 4.69) is 33.1 Å². The molecule has 0 saturated carbocycles. The maximum absolute atomic E-state index is 12.5. The largest absolute Gasteiger partial charge is 0.322 e. The van der Waals surface area contributed by atoms with Gasteiger partial charge in [0.15, 0.2) is 0 Å². The number of carbonyl (C=O) groups excluding carboxylic acids is 3. The van der Waals surface area contributed by atoms with E-state index < -0.39 is 11.9 Å². The zero-order valence-electron chi connectivity index (χ0n) is 11.7. The molecule has 1 aromatic carbocycles. The van der Waals surface area contributed by atoms with Crippen molar-refractivity contribution in [3.63, 3.8) is 0 Å². The predicted molar refractivity (Wildman–Crippen MR) is 83.2 cm³/mol. The second-order valence-electron chi connectivity index (χ2n) is 5.21. The number of alkyl halides is 1. The number of nitrogens with zero attached hydrogens (tertiary/aromatic N) is 1. The van der Waals surface area contributed by atoms with Gasteiger partial charge < -0.3 is 4.90 Å². The lowest BCUT2D eigenvalue weighted by Gasteiger charge is -2.29. The number of piperidine rings is 1. The molecule has 0 aromatic heterocycles. The first-order chi connectivity index (χ1) is 10.6. The second kappa shape index (κ2) is 5.93. The molecule has 2 aliphatic heterocycles. The van der Waals surface area contributed by atoms with E-state index in [9.17, 15) is 14.4 Å². The SMILES string of the molecule is O=C1CCC(N2Cc3cc(C#CCBr)ccc3C2=O)C(=O)N1. The number of hydrogen-bond acceptors (Lipinski definition) is 3. The van der Waals surface area contributed by atoms with Crippen LogP contribution in [0.3, 0.4) is 0 Å². The number of benzene rings is 1. The summed E-state index contributed by atoms with van der Waals surface area (Å²) in [7, 11) is 0. The van der Waals surface area contributed by atoms with E-state index in [0.29, 0.717) is 23.9 Å².